The molecule has 2 rings (SSSR count). The molecular weight excluding hydrogens is 254 g/mol. The lowest BCUT2D eigenvalue weighted by molar-refractivity contribution is -0.136. The van der Waals surface area contributed by atoms with E-state index in [1.54, 1.807) is 0 Å². The first-order valence-electron chi connectivity index (χ1n) is 6.50. The van der Waals surface area contributed by atoms with Crippen LogP contribution in [0.25, 0.3) is 0 Å². The van der Waals surface area contributed by atoms with Crippen LogP contribution < -0.4 is 5.73 Å². The molecule has 0 aromatic heterocycles. The van der Waals surface area contributed by atoms with Crippen molar-refractivity contribution in [2.45, 2.75) is 19.4 Å². The van der Waals surface area contributed by atoms with Gasteiger partial charge in [-0.15, -0.1) is 12.4 Å². The molecule has 5 nitrogen and oxygen atoms in total. The van der Waals surface area contributed by atoms with E-state index < -0.39 is 0 Å². The molecule has 0 bridgehead atoms. The summed E-state index contributed by atoms with van der Waals surface area (Å²) in [6.07, 6.45) is 1.12. The number of halogens is 1. The number of likely N-dealkylation sites (tertiary alicyclic amines) is 1. The van der Waals surface area contributed by atoms with E-state index in [9.17, 15) is 4.79 Å². The molecule has 2 heterocycles. The quantitative estimate of drug-likeness (QED) is 0.785. The highest BCUT2D eigenvalue weighted by Crippen LogP contribution is 2.21. The molecule has 2 fully saturated rings. The summed E-state index contributed by atoms with van der Waals surface area (Å²) in [6, 6.07) is 0.480. The second-order valence-electron chi connectivity index (χ2n) is 5.11. The summed E-state index contributed by atoms with van der Waals surface area (Å²) in [5.41, 5.74) is 5.69. The Hall–Kier alpha value is -0.360. The van der Waals surface area contributed by atoms with Crippen molar-refractivity contribution in [2.75, 3.05) is 45.9 Å². The van der Waals surface area contributed by atoms with Gasteiger partial charge in [-0.25, -0.2) is 0 Å². The molecule has 1 amide bonds. The fourth-order valence-corrected chi connectivity index (χ4v) is 2.70. The molecule has 18 heavy (non-hydrogen) atoms. The molecule has 2 saturated heterocycles. The van der Waals surface area contributed by atoms with Crippen LogP contribution in [0.1, 0.15) is 13.3 Å². The predicted octanol–water partition coefficient (Wildman–Crippen LogP) is -0.0639. The number of nitrogens with zero attached hydrogens (tertiary/aromatic N) is 2. The number of ether oxygens (including phenoxy) is 1. The zero-order valence-electron chi connectivity index (χ0n) is 11.0. The first kappa shape index (κ1) is 15.7. The van der Waals surface area contributed by atoms with Gasteiger partial charge < -0.3 is 15.4 Å². The number of hydrogen-bond donors (Lipinski definition) is 1. The van der Waals surface area contributed by atoms with Crippen molar-refractivity contribution in [1.82, 2.24) is 9.80 Å². The maximum atomic E-state index is 12.1. The lowest BCUT2D eigenvalue weighted by atomic mass is 10.1. The maximum Gasteiger partial charge on any atom is 0.236 e. The number of nitrogens with two attached hydrogens (primary N) is 1. The van der Waals surface area contributed by atoms with E-state index in [4.69, 9.17) is 10.5 Å². The predicted molar refractivity (Wildman–Crippen MR) is 72.8 cm³/mol. The zero-order chi connectivity index (χ0) is 12.3. The van der Waals surface area contributed by atoms with Gasteiger partial charge in [0.25, 0.3) is 0 Å². The average molecular weight is 278 g/mol. The SMILES string of the molecule is CC1CC(CN)CN1CC(=O)N1CCOCC1.Cl. The highest BCUT2D eigenvalue weighted by molar-refractivity contribution is 5.85. The van der Waals surface area contributed by atoms with Gasteiger partial charge in [0.1, 0.15) is 0 Å². The van der Waals surface area contributed by atoms with Crippen LogP contribution >= 0.6 is 12.4 Å². The summed E-state index contributed by atoms with van der Waals surface area (Å²) in [5, 5.41) is 0. The minimum absolute atomic E-state index is 0. The minimum atomic E-state index is 0. The Bertz CT molecular complexity index is 272. The molecule has 2 aliphatic heterocycles. The third-order valence-electron chi connectivity index (χ3n) is 3.83. The molecule has 6 heteroatoms. The van der Waals surface area contributed by atoms with Gasteiger partial charge in [-0.2, -0.15) is 0 Å². The number of carbonyl (C=O) groups is 1. The summed E-state index contributed by atoms with van der Waals surface area (Å²) >= 11 is 0. The monoisotopic (exact) mass is 277 g/mol. The molecule has 0 radical (unpaired) electrons. The first-order chi connectivity index (χ1) is 8.20. The molecule has 2 atom stereocenters. The van der Waals surface area contributed by atoms with Crippen molar-refractivity contribution < 1.29 is 9.53 Å². The van der Waals surface area contributed by atoms with Gasteiger partial charge in [0.05, 0.1) is 19.8 Å². The van der Waals surface area contributed by atoms with Crippen LogP contribution in [0.2, 0.25) is 0 Å². The second kappa shape index (κ2) is 7.28. The van der Waals surface area contributed by atoms with Gasteiger partial charge in [0.15, 0.2) is 0 Å². The van der Waals surface area contributed by atoms with Crippen molar-refractivity contribution in [3.05, 3.63) is 0 Å². The second-order valence-corrected chi connectivity index (χ2v) is 5.11. The smallest absolute Gasteiger partial charge is 0.236 e. The fraction of sp³-hybridized carbons (Fsp3) is 0.917. The average Bonchev–Trinajstić information content (AvgIpc) is 2.71. The lowest BCUT2D eigenvalue weighted by Crippen LogP contribution is -2.46. The fourth-order valence-electron chi connectivity index (χ4n) is 2.70. The van der Waals surface area contributed by atoms with Gasteiger partial charge in [-0.05, 0) is 25.8 Å². The normalized spacial score (nSPS) is 29.1. The van der Waals surface area contributed by atoms with Crippen molar-refractivity contribution >= 4 is 18.3 Å². The van der Waals surface area contributed by atoms with E-state index >= 15 is 0 Å². The van der Waals surface area contributed by atoms with Crippen molar-refractivity contribution in [2.24, 2.45) is 11.7 Å². The number of rotatable bonds is 3. The number of carbonyl (C=O) groups excluding carboxylic acids is 1. The van der Waals surface area contributed by atoms with Crippen molar-refractivity contribution in [3.63, 3.8) is 0 Å². The van der Waals surface area contributed by atoms with Crippen molar-refractivity contribution in [3.8, 4) is 0 Å². The largest absolute Gasteiger partial charge is 0.378 e. The van der Waals surface area contributed by atoms with Gasteiger partial charge in [-0.1, -0.05) is 0 Å². The highest BCUT2D eigenvalue weighted by Gasteiger charge is 2.30. The Labute approximate surface area is 115 Å². The van der Waals surface area contributed by atoms with E-state index in [-0.39, 0.29) is 18.3 Å². The Morgan fingerprint density at radius 2 is 2.06 bits per heavy atom. The maximum absolute atomic E-state index is 12.1. The van der Waals surface area contributed by atoms with Crippen molar-refractivity contribution in [1.29, 1.82) is 0 Å². The summed E-state index contributed by atoms with van der Waals surface area (Å²) in [6.45, 7) is 7.24. The Morgan fingerprint density at radius 3 is 2.61 bits per heavy atom. The van der Waals surface area contributed by atoms with Crippen LogP contribution in [0.4, 0.5) is 0 Å². The summed E-state index contributed by atoms with van der Waals surface area (Å²) in [4.78, 5) is 16.3. The molecule has 2 N–H and O–H groups in total. The topological polar surface area (TPSA) is 58.8 Å². The summed E-state index contributed by atoms with van der Waals surface area (Å²) in [5.74, 6) is 0.792. The van der Waals surface area contributed by atoms with Gasteiger partial charge >= 0.3 is 0 Å². The van der Waals surface area contributed by atoms with Crippen LogP contribution in [0.3, 0.4) is 0 Å². The third kappa shape index (κ3) is 3.82. The Morgan fingerprint density at radius 1 is 1.39 bits per heavy atom. The molecule has 2 aliphatic rings. The third-order valence-corrected chi connectivity index (χ3v) is 3.83. The van der Waals surface area contributed by atoms with Crippen LogP contribution in [0.15, 0.2) is 0 Å². The van der Waals surface area contributed by atoms with E-state index in [0.29, 0.717) is 31.7 Å². The van der Waals surface area contributed by atoms with Crippen LogP contribution in [0.5, 0.6) is 0 Å². The van der Waals surface area contributed by atoms with E-state index in [0.717, 1.165) is 32.6 Å². The Kier molecular flexibility index (Phi) is 6.35. The zero-order valence-corrected chi connectivity index (χ0v) is 11.8. The van der Waals surface area contributed by atoms with E-state index in [1.165, 1.54) is 0 Å². The molecule has 0 aromatic carbocycles. The van der Waals surface area contributed by atoms with E-state index in [2.05, 4.69) is 11.8 Å². The summed E-state index contributed by atoms with van der Waals surface area (Å²) in [7, 11) is 0. The Balaban J connectivity index is 0.00000162. The molecule has 0 saturated carbocycles. The molecule has 0 spiro atoms. The summed E-state index contributed by atoms with van der Waals surface area (Å²) < 4.78 is 5.25. The lowest BCUT2D eigenvalue weighted by Gasteiger charge is -2.29. The molecule has 2 unspecified atom stereocenters. The molecular formula is C12H24ClN3O2. The number of morpholine rings is 1. The molecule has 106 valence electrons. The van der Waals surface area contributed by atoms with Gasteiger partial charge in [0, 0.05) is 25.7 Å². The van der Waals surface area contributed by atoms with Gasteiger partial charge in [0.2, 0.25) is 5.91 Å². The van der Waals surface area contributed by atoms with Gasteiger partial charge in [-0.3, -0.25) is 9.69 Å². The highest BCUT2D eigenvalue weighted by atomic mass is 35.5. The standard InChI is InChI=1S/C12H23N3O2.ClH/c1-10-6-11(7-13)8-15(10)9-12(16)14-2-4-17-5-3-14;/h10-11H,2-9,13H2,1H3;1H. The molecule has 0 aromatic rings. The van der Waals surface area contributed by atoms with Crippen LogP contribution in [-0.4, -0.2) is 67.7 Å². The van der Waals surface area contributed by atoms with Crippen LogP contribution in [0, 0.1) is 5.92 Å². The number of hydrogen-bond acceptors (Lipinski definition) is 4. The first-order valence-corrected chi connectivity index (χ1v) is 6.50. The molecule has 0 aliphatic carbocycles. The van der Waals surface area contributed by atoms with Crippen LogP contribution in [-0.2, 0) is 9.53 Å². The minimum Gasteiger partial charge on any atom is -0.378 e. The van der Waals surface area contributed by atoms with E-state index in [1.807, 2.05) is 4.90 Å². The number of amides is 1.